The average molecular weight is 623 g/mol. The molecule has 3 N–H and O–H groups in total. The van der Waals surface area contributed by atoms with Gasteiger partial charge in [-0.3, -0.25) is 23.7 Å². The van der Waals surface area contributed by atoms with Crippen LogP contribution in [0.2, 0.25) is 0 Å². The van der Waals surface area contributed by atoms with Gasteiger partial charge in [-0.25, -0.2) is 15.0 Å². The second kappa shape index (κ2) is 11.8. The molecule has 0 saturated carbocycles. The normalized spacial score (nSPS) is 18.9. The van der Waals surface area contributed by atoms with Crippen molar-refractivity contribution in [2.75, 3.05) is 44.3 Å². The van der Waals surface area contributed by atoms with Crippen molar-refractivity contribution < 1.29 is 32.3 Å². The molecule has 5 heterocycles. The zero-order chi connectivity index (χ0) is 31.9. The quantitative estimate of drug-likeness (QED) is 0.309. The predicted molar refractivity (Wildman–Crippen MR) is 156 cm³/mol. The third kappa shape index (κ3) is 6.02. The van der Waals surface area contributed by atoms with Crippen molar-refractivity contribution >= 4 is 34.9 Å². The van der Waals surface area contributed by atoms with Crippen LogP contribution in [-0.4, -0.2) is 86.3 Å². The van der Waals surface area contributed by atoms with Crippen molar-refractivity contribution in [3.05, 3.63) is 71.9 Å². The summed E-state index contributed by atoms with van der Waals surface area (Å²) in [5.41, 5.74) is 7.36. The Bertz CT molecular complexity index is 1780. The number of pyridine rings is 1. The predicted octanol–water partition coefficient (Wildman–Crippen LogP) is 3.21. The van der Waals surface area contributed by atoms with E-state index in [1.807, 2.05) is 14.2 Å². The average Bonchev–Trinajstić information content (AvgIpc) is 3.42. The van der Waals surface area contributed by atoms with E-state index in [2.05, 4.69) is 15.3 Å². The van der Waals surface area contributed by atoms with E-state index in [1.54, 1.807) is 24.5 Å². The maximum Gasteiger partial charge on any atom is 0.416 e. The Hall–Kier alpha value is -5.05. The summed E-state index contributed by atoms with van der Waals surface area (Å²) < 4.78 is 45.8. The monoisotopic (exact) mass is 622 g/mol. The van der Waals surface area contributed by atoms with Gasteiger partial charge >= 0.3 is 12.1 Å². The third-order valence-corrected chi connectivity index (χ3v) is 8.16. The molecule has 15 heteroatoms. The molecule has 12 nitrogen and oxygen atoms in total. The molecule has 4 aromatic rings. The van der Waals surface area contributed by atoms with E-state index in [-0.39, 0.29) is 54.1 Å². The van der Waals surface area contributed by atoms with Crippen LogP contribution >= 0.6 is 0 Å². The summed E-state index contributed by atoms with van der Waals surface area (Å²) in [4.78, 5) is 54.3. The first-order chi connectivity index (χ1) is 21.5. The largest absolute Gasteiger partial charge is 0.468 e. The van der Waals surface area contributed by atoms with Crippen molar-refractivity contribution in [3.63, 3.8) is 0 Å². The molecule has 1 aromatic carbocycles. The van der Waals surface area contributed by atoms with Crippen LogP contribution in [-0.2, 0) is 20.5 Å². The number of carbonyl (C=O) groups excluding carboxylic acids is 3. The number of nitrogen functional groups attached to an aromatic ring is 1. The molecule has 0 unspecified atom stereocenters. The number of esters is 1. The van der Waals surface area contributed by atoms with Crippen molar-refractivity contribution in [1.29, 1.82) is 0 Å². The van der Waals surface area contributed by atoms with Gasteiger partial charge in [-0.2, -0.15) is 13.2 Å². The highest BCUT2D eigenvalue weighted by atomic mass is 19.4. The van der Waals surface area contributed by atoms with E-state index in [0.717, 1.165) is 37.0 Å². The van der Waals surface area contributed by atoms with Gasteiger partial charge < -0.3 is 20.7 Å². The van der Waals surface area contributed by atoms with Gasteiger partial charge in [0.1, 0.15) is 28.7 Å². The van der Waals surface area contributed by atoms with Crippen molar-refractivity contribution in [3.8, 4) is 11.3 Å². The van der Waals surface area contributed by atoms with Crippen LogP contribution in [0.25, 0.3) is 16.8 Å². The molecular weight excluding hydrogens is 593 g/mol. The number of nitrogens with two attached hydrogens (primary N) is 1. The molecule has 0 radical (unpaired) electrons. The first-order valence-corrected chi connectivity index (χ1v) is 14.2. The number of methoxy groups -OCH3 is 1. The van der Waals surface area contributed by atoms with E-state index in [0.29, 0.717) is 29.9 Å². The lowest BCUT2D eigenvalue weighted by Crippen LogP contribution is -2.59. The lowest BCUT2D eigenvalue weighted by atomic mass is 9.90. The summed E-state index contributed by atoms with van der Waals surface area (Å²) in [6.07, 6.45) is 1.24. The van der Waals surface area contributed by atoms with E-state index < -0.39 is 17.6 Å². The summed E-state index contributed by atoms with van der Waals surface area (Å²) in [5.74, 6) is -0.408. The van der Waals surface area contributed by atoms with Crippen LogP contribution in [0.3, 0.4) is 0 Å². The van der Waals surface area contributed by atoms with E-state index in [9.17, 15) is 27.6 Å². The number of piperidine rings is 1. The zero-order valence-corrected chi connectivity index (χ0v) is 24.1. The van der Waals surface area contributed by atoms with Crippen LogP contribution in [0.15, 0.2) is 55.0 Å². The number of benzene rings is 1. The van der Waals surface area contributed by atoms with Crippen LogP contribution in [0.5, 0.6) is 0 Å². The summed E-state index contributed by atoms with van der Waals surface area (Å²) in [5, 5.41) is 2.40. The van der Waals surface area contributed by atoms with Gasteiger partial charge in [0.15, 0.2) is 0 Å². The minimum Gasteiger partial charge on any atom is -0.468 e. The minimum atomic E-state index is -4.57. The van der Waals surface area contributed by atoms with Crippen molar-refractivity contribution in [2.24, 2.45) is 0 Å². The number of fused-ring (bicyclic) bond motifs is 2. The van der Waals surface area contributed by atoms with Crippen molar-refractivity contribution in [2.45, 2.75) is 31.0 Å². The third-order valence-electron chi connectivity index (χ3n) is 8.16. The Labute approximate surface area is 255 Å². The van der Waals surface area contributed by atoms with E-state index >= 15 is 0 Å². The summed E-state index contributed by atoms with van der Waals surface area (Å²) in [6, 6.07) is 7.99. The molecule has 234 valence electrons. The number of alkyl halides is 3. The SMILES string of the molecule is COC(=O)CN1CC(=O)N2C[C@H](c3nc(-c4ccc(C(=O)Nc5cc(C(F)(F)F)ccn5)cc4)c4c(N)nccn34)CC[C@H]2C1. The van der Waals surface area contributed by atoms with Gasteiger partial charge in [0.2, 0.25) is 5.91 Å². The number of anilines is 2. The lowest BCUT2D eigenvalue weighted by molar-refractivity contribution is -0.148. The molecule has 2 aliphatic heterocycles. The number of carbonyl (C=O) groups is 3. The lowest BCUT2D eigenvalue weighted by Gasteiger charge is -2.45. The number of halogens is 3. The highest BCUT2D eigenvalue weighted by Gasteiger charge is 2.39. The van der Waals surface area contributed by atoms with Gasteiger partial charge in [0.25, 0.3) is 5.91 Å². The fourth-order valence-corrected chi connectivity index (χ4v) is 5.97. The van der Waals surface area contributed by atoms with Gasteiger partial charge in [0.05, 0.1) is 25.8 Å². The topological polar surface area (TPSA) is 148 Å². The van der Waals surface area contributed by atoms with Crippen LogP contribution in [0, 0.1) is 0 Å². The second-order valence-electron chi connectivity index (χ2n) is 11.0. The van der Waals surface area contributed by atoms with Crippen molar-refractivity contribution in [1.82, 2.24) is 29.2 Å². The number of hydrogen-bond acceptors (Lipinski definition) is 9. The van der Waals surface area contributed by atoms with E-state index in [1.165, 1.54) is 19.2 Å². The van der Waals surface area contributed by atoms with E-state index in [4.69, 9.17) is 15.5 Å². The molecule has 2 fully saturated rings. The summed E-state index contributed by atoms with van der Waals surface area (Å²) in [6.45, 7) is 1.24. The Kier molecular flexibility index (Phi) is 7.87. The first kappa shape index (κ1) is 30.0. The van der Waals surface area contributed by atoms with Crippen LogP contribution < -0.4 is 11.1 Å². The molecule has 2 atom stereocenters. The number of amides is 2. The van der Waals surface area contributed by atoms with Crippen LogP contribution in [0.1, 0.15) is 40.5 Å². The number of nitrogens with zero attached hydrogens (tertiary/aromatic N) is 6. The Morgan fingerprint density at radius 2 is 1.87 bits per heavy atom. The molecule has 2 saturated heterocycles. The number of aromatic nitrogens is 4. The molecule has 0 bridgehead atoms. The highest BCUT2D eigenvalue weighted by Crippen LogP contribution is 2.36. The van der Waals surface area contributed by atoms with Gasteiger partial charge in [-0.15, -0.1) is 0 Å². The molecular formula is C30H29F3N8O4. The second-order valence-corrected chi connectivity index (χ2v) is 11.0. The van der Waals surface area contributed by atoms with Crippen LogP contribution in [0.4, 0.5) is 24.8 Å². The maximum atomic E-state index is 13.1. The zero-order valence-electron chi connectivity index (χ0n) is 24.1. The minimum absolute atomic E-state index is 0.0191. The fourth-order valence-electron chi connectivity index (χ4n) is 5.97. The molecule has 0 spiro atoms. The molecule has 3 aromatic heterocycles. The Balaban J connectivity index is 1.23. The van der Waals surface area contributed by atoms with Gasteiger partial charge in [-0.1, -0.05) is 12.1 Å². The number of piperazine rings is 1. The molecule has 6 rings (SSSR count). The first-order valence-electron chi connectivity index (χ1n) is 14.2. The molecule has 45 heavy (non-hydrogen) atoms. The number of hydrogen-bond donors (Lipinski definition) is 2. The van der Waals surface area contributed by atoms with Gasteiger partial charge in [-0.05, 0) is 37.1 Å². The smallest absolute Gasteiger partial charge is 0.416 e. The molecule has 2 amide bonds. The fraction of sp³-hybridized carbons (Fsp3) is 0.333. The summed E-state index contributed by atoms with van der Waals surface area (Å²) in [7, 11) is 1.32. The maximum absolute atomic E-state index is 13.1. The highest BCUT2D eigenvalue weighted by molar-refractivity contribution is 6.04. The number of imidazole rings is 1. The number of rotatable bonds is 6. The number of nitrogens with one attached hydrogen (secondary N) is 1. The molecule has 0 aliphatic carbocycles. The standard InChI is InChI=1S/C30H29F3N8O4/c1-45-24(43)16-39-14-21-7-6-19(13-41(21)23(42)15-39)28-38-25(26-27(34)36-10-11-40(26)28)17-2-4-18(5-3-17)29(44)37-22-12-20(8-9-35-22)30(31,32)33/h2-5,8-12,19,21H,6-7,13-16H2,1H3,(H2,34,36)(H,35,37,44)/t19-,21+/m1/s1. The molecule has 2 aliphatic rings. The Morgan fingerprint density at radius 3 is 2.60 bits per heavy atom. The Morgan fingerprint density at radius 1 is 1.09 bits per heavy atom. The number of ether oxygens (including phenoxy) is 1. The summed E-state index contributed by atoms with van der Waals surface area (Å²) >= 11 is 0. The van der Waals surface area contributed by atoms with Gasteiger partial charge in [0, 0.05) is 54.8 Å².